The van der Waals surface area contributed by atoms with Gasteiger partial charge in [-0.2, -0.15) is 4.98 Å². The van der Waals surface area contributed by atoms with Crippen LogP contribution in [-0.2, 0) is 11.3 Å². The summed E-state index contributed by atoms with van der Waals surface area (Å²) in [6, 6.07) is 10.1. The molecule has 1 aliphatic carbocycles. The molecule has 5 rings (SSSR count). The van der Waals surface area contributed by atoms with Crippen molar-refractivity contribution in [2.45, 2.75) is 44.2 Å². The lowest BCUT2D eigenvalue weighted by atomic mass is 10.2. The van der Waals surface area contributed by atoms with Gasteiger partial charge in [-0.05, 0) is 43.2 Å². The number of carbonyl (C=O) groups is 1. The molecule has 0 bridgehead atoms. The van der Waals surface area contributed by atoms with Gasteiger partial charge in [-0.15, -0.1) is 0 Å². The van der Waals surface area contributed by atoms with Crippen molar-refractivity contribution in [3.8, 4) is 0 Å². The lowest BCUT2D eigenvalue weighted by Gasteiger charge is -2.22. The van der Waals surface area contributed by atoms with Crippen LogP contribution in [-0.4, -0.2) is 32.1 Å². The number of carbonyl (C=O) groups excluding carboxylic acids is 1. The highest BCUT2D eigenvalue weighted by atomic mass is 16.5. The number of likely N-dealkylation sites (tertiary alicyclic amines) is 1. The predicted molar refractivity (Wildman–Crippen MR) is 91.9 cm³/mol. The zero-order valence-corrected chi connectivity index (χ0v) is 14.0. The van der Waals surface area contributed by atoms with E-state index in [0.29, 0.717) is 18.3 Å². The molecule has 2 aliphatic rings. The Bertz CT molecular complexity index is 924. The van der Waals surface area contributed by atoms with E-state index >= 15 is 0 Å². The zero-order valence-electron chi connectivity index (χ0n) is 14.0. The molecule has 6 nitrogen and oxygen atoms in total. The third kappa shape index (κ3) is 2.62. The van der Waals surface area contributed by atoms with Gasteiger partial charge < -0.3 is 14.0 Å². The number of aromatic nitrogens is 3. The highest BCUT2D eigenvalue weighted by Gasteiger charge is 2.36. The van der Waals surface area contributed by atoms with Gasteiger partial charge in [-0.1, -0.05) is 23.4 Å². The third-order valence-electron chi connectivity index (χ3n) is 5.24. The van der Waals surface area contributed by atoms with Crippen molar-refractivity contribution in [1.82, 2.24) is 19.6 Å². The Balaban J connectivity index is 1.36. The minimum Gasteiger partial charge on any atom is -0.339 e. The lowest BCUT2D eigenvalue weighted by Crippen LogP contribution is -2.33. The maximum atomic E-state index is 12.9. The first kappa shape index (κ1) is 14.7. The molecule has 1 aromatic carbocycles. The second-order valence-electron chi connectivity index (χ2n) is 7.01. The first-order valence-corrected chi connectivity index (χ1v) is 8.96. The van der Waals surface area contributed by atoms with Crippen molar-refractivity contribution in [3.05, 3.63) is 48.2 Å². The SMILES string of the molecule is O=C(Cn1ccc2ccccc21)N1CCC[C@H]1c1noc(C2CC2)n1. The Labute approximate surface area is 145 Å². The Morgan fingerprint density at radius 2 is 2.08 bits per heavy atom. The number of para-hydroxylation sites is 1. The number of hydrogen-bond donors (Lipinski definition) is 0. The normalized spacial score (nSPS) is 20.5. The number of rotatable bonds is 4. The highest BCUT2D eigenvalue weighted by Crippen LogP contribution is 2.40. The smallest absolute Gasteiger partial charge is 0.243 e. The number of amides is 1. The first-order chi connectivity index (χ1) is 12.3. The van der Waals surface area contributed by atoms with E-state index in [4.69, 9.17) is 4.52 Å². The Hall–Kier alpha value is -2.63. The maximum absolute atomic E-state index is 12.9. The van der Waals surface area contributed by atoms with Gasteiger partial charge in [-0.25, -0.2) is 0 Å². The molecule has 0 radical (unpaired) electrons. The average molecular weight is 336 g/mol. The van der Waals surface area contributed by atoms with Gasteiger partial charge in [0, 0.05) is 24.2 Å². The van der Waals surface area contributed by atoms with Crippen LogP contribution in [0, 0.1) is 0 Å². The molecule has 1 saturated carbocycles. The third-order valence-corrected chi connectivity index (χ3v) is 5.24. The van der Waals surface area contributed by atoms with Crippen LogP contribution in [0.2, 0.25) is 0 Å². The molecule has 1 aliphatic heterocycles. The standard InChI is InChI=1S/C19H20N4O2/c24-17(12-22-11-9-13-4-1-2-5-15(13)22)23-10-3-6-16(23)18-20-19(25-21-18)14-7-8-14/h1-2,4-5,9,11,14,16H,3,6-8,10,12H2/t16-/m0/s1. The van der Waals surface area contributed by atoms with Gasteiger partial charge >= 0.3 is 0 Å². The summed E-state index contributed by atoms with van der Waals surface area (Å²) in [5, 5.41) is 5.31. The number of hydrogen-bond acceptors (Lipinski definition) is 4. The van der Waals surface area contributed by atoms with Crippen LogP contribution < -0.4 is 0 Å². The van der Waals surface area contributed by atoms with Crippen LogP contribution >= 0.6 is 0 Å². The van der Waals surface area contributed by atoms with E-state index in [1.54, 1.807) is 0 Å². The van der Waals surface area contributed by atoms with E-state index in [2.05, 4.69) is 16.2 Å². The van der Waals surface area contributed by atoms with Gasteiger partial charge in [0.05, 0.1) is 6.04 Å². The van der Waals surface area contributed by atoms with E-state index in [0.717, 1.165) is 49.0 Å². The van der Waals surface area contributed by atoms with E-state index in [9.17, 15) is 4.79 Å². The van der Waals surface area contributed by atoms with Crippen molar-refractivity contribution in [1.29, 1.82) is 0 Å². The molecule has 6 heteroatoms. The van der Waals surface area contributed by atoms with Gasteiger partial charge in [-0.3, -0.25) is 4.79 Å². The first-order valence-electron chi connectivity index (χ1n) is 8.96. The molecule has 0 unspecified atom stereocenters. The lowest BCUT2D eigenvalue weighted by molar-refractivity contribution is -0.132. The molecule has 2 aromatic heterocycles. The largest absolute Gasteiger partial charge is 0.339 e. The summed E-state index contributed by atoms with van der Waals surface area (Å²) < 4.78 is 7.40. The second-order valence-corrected chi connectivity index (χ2v) is 7.01. The molecule has 2 fully saturated rings. The van der Waals surface area contributed by atoms with Gasteiger partial charge in [0.15, 0.2) is 5.82 Å². The van der Waals surface area contributed by atoms with Crippen LogP contribution in [0.4, 0.5) is 0 Å². The summed E-state index contributed by atoms with van der Waals surface area (Å²) in [6.45, 7) is 1.10. The molecule has 25 heavy (non-hydrogen) atoms. The van der Waals surface area contributed by atoms with E-state index in [-0.39, 0.29) is 11.9 Å². The van der Waals surface area contributed by atoms with Crippen LogP contribution in [0.5, 0.6) is 0 Å². The Morgan fingerprint density at radius 3 is 2.96 bits per heavy atom. The molecule has 3 heterocycles. The van der Waals surface area contributed by atoms with Crippen molar-refractivity contribution in [2.24, 2.45) is 0 Å². The van der Waals surface area contributed by atoms with Crippen LogP contribution in [0.25, 0.3) is 10.9 Å². The second kappa shape index (κ2) is 5.72. The molecule has 0 spiro atoms. The molecule has 1 amide bonds. The van der Waals surface area contributed by atoms with Gasteiger partial charge in [0.25, 0.3) is 0 Å². The number of nitrogens with zero attached hydrogens (tertiary/aromatic N) is 4. The van der Waals surface area contributed by atoms with E-state index < -0.39 is 0 Å². The summed E-state index contributed by atoms with van der Waals surface area (Å²) >= 11 is 0. The van der Waals surface area contributed by atoms with Gasteiger partial charge in [0.2, 0.25) is 11.8 Å². The fraction of sp³-hybridized carbons (Fsp3) is 0.421. The molecule has 1 atom stereocenters. The Kier molecular flexibility index (Phi) is 3.36. The topological polar surface area (TPSA) is 64.2 Å². The average Bonchev–Trinajstić information content (AvgIpc) is 3.04. The maximum Gasteiger partial charge on any atom is 0.243 e. The quantitative estimate of drug-likeness (QED) is 0.733. The highest BCUT2D eigenvalue weighted by molar-refractivity contribution is 5.83. The van der Waals surface area contributed by atoms with E-state index in [1.165, 1.54) is 0 Å². The molecule has 3 aromatic rings. The minimum absolute atomic E-state index is 0.0504. The Morgan fingerprint density at radius 1 is 1.20 bits per heavy atom. The predicted octanol–water partition coefficient (Wildman–Crippen LogP) is 3.27. The van der Waals surface area contributed by atoms with Crippen molar-refractivity contribution in [2.75, 3.05) is 6.54 Å². The van der Waals surface area contributed by atoms with Crippen molar-refractivity contribution >= 4 is 16.8 Å². The summed E-state index contributed by atoms with van der Waals surface area (Å²) in [4.78, 5) is 19.4. The molecular formula is C19H20N4O2. The summed E-state index contributed by atoms with van der Waals surface area (Å²) in [6.07, 6.45) is 6.14. The molecule has 128 valence electrons. The van der Waals surface area contributed by atoms with Gasteiger partial charge in [0.1, 0.15) is 6.54 Å². The molecule has 0 N–H and O–H groups in total. The number of benzene rings is 1. The fourth-order valence-electron chi connectivity index (χ4n) is 3.73. The monoisotopic (exact) mass is 336 g/mol. The summed E-state index contributed by atoms with van der Waals surface area (Å²) in [5.41, 5.74) is 1.09. The fourth-order valence-corrected chi connectivity index (χ4v) is 3.73. The number of fused-ring (bicyclic) bond motifs is 1. The van der Waals surface area contributed by atoms with Crippen LogP contribution in [0.15, 0.2) is 41.1 Å². The molecule has 1 saturated heterocycles. The van der Waals surface area contributed by atoms with Crippen LogP contribution in [0.3, 0.4) is 0 Å². The minimum atomic E-state index is -0.0504. The molecular weight excluding hydrogens is 316 g/mol. The summed E-state index contributed by atoms with van der Waals surface area (Å²) in [5.74, 6) is 1.97. The zero-order chi connectivity index (χ0) is 16.8. The summed E-state index contributed by atoms with van der Waals surface area (Å²) in [7, 11) is 0. The van der Waals surface area contributed by atoms with Crippen molar-refractivity contribution < 1.29 is 9.32 Å². The van der Waals surface area contributed by atoms with Crippen LogP contribution in [0.1, 0.15) is 49.4 Å². The van der Waals surface area contributed by atoms with Crippen molar-refractivity contribution in [3.63, 3.8) is 0 Å². The van der Waals surface area contributed by atoms with E-state index in [1.807, 2.05) is 39.9 Å².